The van der Waals surface area contributed by atoms with Gasteiger partial charge in [0.05, 0.1) is 5.02 Å². The Balaban J connectivity index is 2.39. The molecule has 1 heterocycles. The molecule has 0 atom stereocenters. The number of rotatable bonds is 3. The van der Waals surface area contributed by atoms with Crippen LogP contribution in [0.5, 0.6) is 0 Å². The van der Waals surface area contributed by atoms with Crippen LogP contribution < -0.4 is 10.5 Å². The molecule has 0 spiro atoms. The molecule has 0 aliphatic heterocycles. The van der Waals surface area contributed by atoms with Gasteiger partial charge in [-0.2, -0.15) is 4.98 Å². The zero-order valence-electron chi connectivity index (χ0n) is 8.68. The molecule has 0 fully saturated rings. The van der Waals surface area contributed by atoms with Crippen LogP contribution in [0.15, 0.2) is 23.1 Å². The molecule has 2 aromatic rings. The van der Waals surface area contributed by atoms with Gasteiger partial charge in [0, 0.05) is 5.02 Å². The van der Waals surface area contributed by atoms with E-state index >= 15 is 0 Å². The summed E-state index contributed by atoms with van der Waals surface area (Å²) in [4.78, 5) is 3.45. The first-order valence-corrected chi connectivity index (χ1v) is 6.78. The van der Waals surface area contributed by atoms with Crippen LogP contribution in [0.4, 0.5) is 11.9 Å². The number of hydrogen-bond donors (Lipinski definition) is 3. The van der Waals surface area contributed by atoms with E-state index in [2.05, 4.69) is 19.9 Å². The fourth-order valence-corrected chi connectivity index (χ4v) is 2.89. The molecule has 7 nitrogen and oxygen atoms in total. The van der Waals surface area contributed by atoms with Crippen molar-refractivity contribution in [2.45, 2.75) is 4.90 Å². The standard InChI is InChI=1S/C8H7Cl2N5O2S/c9-4-1-2-5(10)6(3-4)18(16,17)15-8-12-7(11)13-14-8/h1-3H,(H4,11,12,13,14,15). The molecule has 96 valence electrons. The van der Waals surface area contributed by atoms with Crippen molar-refractivity contribution >= 4 is 45.1 Å². The van der Waals surface area contributed by atoms with Crippen LogP contribution in [-0.2, 0) is 10.0 Å². The number of hydrogen-bond acceptors (Lipinski definition) is 5. The van der Waals surface area contributed by atoms with Crippen molar-refractivity contribution in [2.75, 3.05) is 10.5 Å². The van der Waals surface area contributed by atoms with E-state index in [1.165, 1.54) is 18.2 Å². The fourth-order valence-electron chi connectivity index (χ4n) is 1.18. The molecule has 1 aromatic heterocycles. The van der Waals surface area contributed by atoms with Gasteiger partial charge < -0.3 is 5.73 Å². The first kappa shape index (κ1) is 12.9. The highest BCUT2D eigenvalue weighted by Gasteiger charge is 2.20. The van der Waals surface area contributed by atoms with E-state index in [9.17, 15) is 8.42 Å². The molecule has 0 aliphatic rings. The van der Waals surface area contributed by atoms with Crippen LogP contribution in [-0.4, -0.2) is 23.6 Å². The highest BCUT2D eigenvalue weighted by molar-refractivity contribution is 7.92. The van der Waals surface area contributed by atoms with Crippen LogP contribution in [0, 0.1) is 0 Å². The number of aromatic amines is 1. The van der Waals surface area contributed by atoms with Crippen LogP contribution in [0.2, 0.25) is 10.0 Å². The third kappa shape index (κ3) is 2.66. The number of benzene rings is 1. The second kappa shape index (κ2) is 4.63. The number of H-pyrrole nitrogens is 1. The largest absolute Gasteiger partial charge is 0.368 e. The lowest BCUT2D eigenvalue weighted by Gasteiger charge is -2.06. The van der Waals surface area contributed by atoms with Crippen LogP contribution >= 0.6 is 23.2 Å². The van der Waals surface area contributed by atoms with E-state index in [0.717, 1.165) is 0 Å². The Morgan fingerprint density at radius 1 is 1.33 bits per heavy atom. The number of sulfonamides is 1. The minimum atomic E-state index is -3.92. The molecule has 0 unspecified atom stereocenters. The number of anilines is 2. The molecule has 2 rings (SSSR count). The van der Waals surface area contributed by atoms with Gasteiger partial charge in [0.25, 0.3) is 16.0 Å². The van der Waals surface area contributed by atoms with E-state index in [-0.39, 0.29) is 26.8 Å². The van der Waals surface area contributed by atoms with Gasteiger partial charge >= 0.3 is 0 Å². The maximum absolute atomic E-state index is 12.0. The topological polar surface area (TPSA) is 114 Å². The number of nitrogens with two attached hydrogens (primary N) is 1. The lowest BCUT2D eigenvalue weighted by atomic mass is 10.4. The Morgan fingerprint density at radius 2 is 2.06 bits per heavy atom. The Bertz CT molecular complexity index is 685. The third-order valence-electron chi connectivity index (χ3n) is 1.91. The maximum atomic E-state index is 12.0. The zero-order valence-corrected chi connectivity index (χ0v) is 11.0. The smallest absolute Gasteiger partial charge is 0.265 e. The second-order valence-electron chi connectivity index (χ2n) is 3.22. The Labute approximate surface area is 112 Å². The Morgan fingerprint density at radius 3 is 2.67 bits per heavy atom. The van der Waals surface area contributed by atoms with E-state index in [1.807, 2.05) is 0 Å². The van der Waals surface area contributed by atoms with Gasteiger partial charge in [-0.25, -0.2) is 18.2 Å². The van der Waals surface area contributed by atoms with Crippen LogP contribution in [0.1, 0.15) is 0 Å². The molecule has 0 amide bonds. The summed E-state index contributed by atoms with van der Waals surface area (Å²) >= 11 is 11.5. The molecular weight excluding hydrogens is 301 g/mol. The Hall–Kier alpha value is -1.51. The quantitative estimate of drug-likeness (QED) is 0.795. The number of nitrogen functional groups attached to an aromatic ring is 1. The highest BCUT2D eigenvalue weighted by Crippen LogP contribution is 2.26. The number of nitrogens with one attached hydrogen (secondary N) is 2. The number of aromatic nitrogens is 3. The van der Waals surface area contributed by atoms with Crippen LogP contribution in [0.3, 0.4) is 0 Å². The normalized spacial score (nSPS) is 11.4. The van der Waals surface area contributed by atoms with Gasteiger partial charge in [-0.1, -0.05) is 23.2 Å². The van der Waals surface area contributed by atoms with Gasteiger partial charge in [-0.05, 0) is 18.2 Å². The SMILES string of the molecule is Nc1nc(NS(=O)(=O)c2cc(Cl)ccc2Cl)n[nH]1. The van der Waals surface area contributed by atoms with Crippen molar-refractivity contribution in [3.8, 4) is 0 Å². The summed E-state index contributed by atoms with van der Waals surface area (Å²) < 4.78 is 26.1. The average Bonchev–Trinajstić information content (AvgIpc) is 2.66. The van der Waals surface area contributed by atoms with Crippen molar-refractivity contribution in [1.82, 2.24) is 15.2 Å². The van der Waals surface area contributed by atoms with Crippen molar-refractivity contribution in [3.63, 3.8) is 0 Å². The molecule has 0 bridgehead atoms. The molecule has 18 heavy (non-hydrogen) atoms. The molecule has 1 aromatic carbocycles. The predicted octanol–water partition coefficient (Wildman–Crippen LogP) is 1.49. The van der Waals surface area contributed by atoms with Gasteiger partial charge in [0.1, 0.15) is 4.90 Å². The summed E-state index contributed by atoms with van der Waals surface area (Å²) in [7, 11) is -3.92. The first-order chi connectivity index (χ1) is 8.38. The average molecular weight is 308 g/mol. The summed E-state index contributed by atoms with van der Waals surface area (Å²) in [6.07, 6.45) is 0. The minimum absolute atomic E-state index is 0.00936. The van der Waals surface area contributed by atoms with E-state index < -0.39 is 10.0 Å². The van der Waals surface area contributed by atoms with Gasteiger partial charge in [0.15, 0.2) is 0 Å². The minimum Gasteiger partial charge on any atom is -0.368 e. The fraction of sp³-hybridized carbons (Fsp3) is 0. The lowest BCUT2D eigenvalue weighted by Crippen LogP contribution is -2.14. The van der Waals surface area contributed by atoms with Gasteiger partial charge in [-0.15, -0.1) is 5.10 Å². The molecule has 4 N–H and O–H groups in total. The molecule has 10 heteroatoms. The second-order valence-corrected chi connectivity index (χ2v) is 5.72. The molecule has 0 saturated heterocycles. The van der Waals surface area contributed by atoms with Gasteiger partial charge in [0.2, 0.25) is 5.95 Å². The van der Waals surface area contributed by atoms with E-state index in [0.29, 0.717) is 0 Å². The van der Waals surface area contributed by atoms with Crippen LogP contribution in [0.25, 0.3) is 0 Å². The summed E-state index contributed by atoms with van der Waals surface area (Å²) in [6.45, 7) is 0. The predicted molar refractivity (Wildman–Crippen MR) is 68.1 cm³/mol. The molecule has 0 radical (unpaired) electrons. The molecular formula is C8H7Cl2N5O2S. The van der Waals surface area contributed by atoms with Crippen molar-refractivity contribution in [1.29, 1.82) is 0 Å². The molecule has 0 saturated carbocycles. The maximum Gasteiger partial charge on any atom is 0.265 e. The van der Waals surface area contributed by atoms with Crippen molar-refractivity contribution in [3.05, 3.63) is 28.2 Å². The summed E-state index contributed by atoms with van der Waals surface area (Å²) in [5.41, 5.74) is 5.28. The lowest BCUT2D eigenvalue weighted by molar-refractivity contribution is 0.601. The van der Waals surface area contributed by atoms with Crippen molar-refractivity contribution < 1.29 is 8.42 Å². The van der Waals surface area contributed by atoms with E-state index in [1.54, 1.807) is 0 Å². The summed E-state index contributed by atoms with van der Waals surface area (Å²) in [5, 5.41) is 6.13. The number of halogens is 2. The summed E-state index contributed by atoms with van der Waals surface area (Å²) in [6, 6.07) is 4.08. The third-order valence-corrected chi connectivity index (χ3v) is 3.96. The first-order valence-electron chi connectivity index (χ1n) is 4.54. The van der Waals surface area contributed by atoms with Gasteiger partial charge in [-0.3, -0.25) is 0 Å². The van der Waals surface area contributed by atoms with E-state index in [4.69, 9.17) is 28.9 Å². The Kier molecular flexibility index (Phi) is 3.33. The number of nitrogens with zero attached hydrogens (tertiary/aromatic N) is 2. The highest BCUT2D eigenvalue weighted by atomic mass is 35.5. The summed E-state index contributed by atoms with van der Waals surface area (Å²) in [5.74, 6) is -0.187. The zero-order chi connectivity index (χ0) is 13.3. The van der Waals surface area contributed by atoms with Crippen molar-refractivity contribution in [2.24, 2.45) is 0 Å². The molecule has 0 aliphatic carbocycles. The monoisotopic (exact) mass is 307 g/mol.